The monoisotopic (exact) mass is 260 g/mol. The molecular formula is C10H16N2O2S2. The molecule has 0 amide bonds. The van der Waals surface area contributed by atoms with Gasteiger partial charge in [0.2, 0.25) is 0 Å². The third-order valence-electron chi connectivity index (χ3n) is 2.92. The van der Waals surface area contributed by atoms with Gasteiger partial charge in [0.1, 0.15) is 4.21 Å². The first kappa shape index (κ1) is 12.0. The molecule has 2 heterocycles. The average molecular weight is 260 g/mol. The van der Waals surface area contributed by atoms with Crippen LogP contribution in [0.1, 0.15) is 16.9 Å². The van der Waals surface area contributed by atoms with E-state index in [0.717, 1.165) is 16.9 Å². The highest BCUT2D eigenvalue weighted by molar-refractivity contribution is 7.91. The largest absolute Gasteiger partial charge is 0.326 e. The maximum Gasteiger partial charge on any atom is 0.252 e. The van der Waals surface area contributed by atoms with Gasteiger partial charge in [0.15, 0.2) is 0 Å². The number of hydrogen-bond acceptors (Lipinski definition) is 4. The summed E-state index contributed by atoms with van der Waals surface area (Å²) in [4.78, 5) is 1.06. The van der Waals surface area contributed by atoms with Crippen molar-refractivity contribution in [3.8, 4) is 0 Å². The number of aryl methyl sites for hydroxylation is 2. The average Bonchev–Trinajstić information content (AvgIpc) is 2.75. The van der Waals surface area contributed by atoms with Crippen LogP contribution in [0.2, 0.25) is 0 Å². The van der Waals surface area contributed by atoms with Gasteiger partial charge in [0.25, 0.3) is 10.0 Å². The molecule has 0 spiro atoms. The van der Waals surface area contributed by atoms with Crippen molar-refractivity contribution in [2.75, 3.05) is 13.1 Å². The molecule has 1 aliphatic heterocycles. The standard InChI is InChI=1S/C10H16N2O2S2/c1-7-5-10(15-8(7)2)16(13,14)12-4-3-9(11)6-12/h5,9H,3-4,6,11H2,1-2H3. The zero-order chi connectivity index (χ0) is 11.9. The lowest BCUT2D eigenvalue weighted by Crippen LogP contribution is -2.31. The minimum Gasteiger partial charge on any atom is -0.326 e. The summed E-state index contributed by atoms with van der Waals surface area (Å²) in [6.45, 7) is 4.85. The molecule has 0 saturated carbocycles. The second kappa shape index (κ2) is 4.10. The summed E-state index contributed by atoms with van der Waals surface area (Å²) in [6.07, 6.45) is 0.753. The summed E-state index contributed by atoms with van der Waals surface area (Å²) in [7, 11) is -3.30. The van der Waals surface area contributed by atoms with E-state index in [1.54, 1.807) is 6.07 Å². The van der Waals surface area contributed by atoms with Gasteiger partial charge in [0, 0.05) is 24.0 Å². The Bertz CT molecular complexity index is 473. The van der Waals surface area contributed by atoms with Crippen LogP contribution < -0.4 is 5.73 Å². The van der Waals surface area contributed by atoms with Crippen molar-refractivity contribution >= 4 is 21.4 Å². The second-order valence-electron chi connectivity index (χ2n) is 4.22. The highest BCUT2D eigenvalue weighted by atomic mass is 32.2. The fraction of sp³-hybridized carbons (Fsp3) is 0.600. The van der Waals surface area contributed by atoms with Gasteiger partial charge in [-0.15, -0.1) is 11.3 Å². The maximum absolute atomic E-state index is 12.2. The Labute approximate surface area is 100 Å². The molecule has 1 unspecified atom stereocenters. The van der Waals surface area contributed by atoms with Crippen LogP contribution in [-0.4, -0.2) is 31.9 Å². The van der Waals surface area contributed by atoms with Gasteiger partial charge in [-0.05, 0) is 31.9 Å². The highest BCUT2D eigenvalue weighted by Crippen LogP contribution is 2.29. The van der Waals surface area contributed by atoms with Gasteiger partial charge in [0.05, 0.1) is 0 Å². The first-order chi connectivity index (χ1) is 7.41. The number of sulfonamides is 1. The normalized spacial score (nSPS) is 22.8. The van der Waals surface area contributed by atoms with Crippen molar-refractivity contribution in [1.82, 2.24) is 4.31 Å². The van der Waals surface area contributed by atoms with Crippen molar-refractivity contribution in [2.24, 2.45) is 5.73 Å². The van der Waals surface area contributed by atoms with Crippen LogP contribution in [-0.2, 0) is 10.0 Å². The number of thiophene rings is 1. The molecule has 1 aromatic heterocycles. The predicted molar refractivity (Wildman–Crippen MR) is 65.1 cm³/mol. The Hall–Kier alpha value is -0.430. The molecule has 1 aliphatic rings. The van der Waals surface area contributed by atoms with Gasteiger partial charge in [-0.1, -0.05) is 0 Å². The summed E-state index contributed by atoms with van der Waals surface area (Å²) < 4.78 is 26.4. The van der Waals surface area contributed by atoms with E-state index in [2.05, 4.69) is 0 Å². The third kappa shape index (κ3) is 2.02. The fourth-order valence-electron chi connectivity index (χ4n) is 1.77. The SMILES string of the molecule is Cc1cc(S(=O)(=O)N2CCC(N)C2)sc1C. The molecule has 4 nitrogen and oxygen atoms in total. The van der Waals surface area contributed by atoms with Crippen molar-refractivity contribution in [2.45, 2.75) is 30.5 Å². The van der Waals surface area contributed by atoms with E-state index in [0.29, 0.717) is 17.3 Å². The second-order valence-corrected chi connectivity index (χ2v) is 7.64. The molecule has 2 N–H and O–H groups in total. The lowest BCUT2D eigenvalue weighted by atomic mass is 10.3. The van der Waals surface area contributed by atoms with Crippen molar-refractivity contribution in [3.05, 3.63) is 16.5 Å². The third-order valence-corrected chi connectivity index (χ3v) is 6.39. The van der Waals surface area contributed by atoms with E-state index in [9.17, 15) is 8.42 Å². The Balaban J connectivity index is 2.32. The lowest BCUT2D eigenvalue weighted by Gasteiger charge is -2.14. The van der Waals surface area contributed by atoms with Gasteiger partial charge >= 0.3 is 0 Å². The van der Waals surface area contributed by atoms with Crippen molar-refractivity contribution in [3.63, 3.8) is 0 Å². The Morgan fingerprint density at radius 1 is 1.50 bits per heavy atom. The van der Waals surface area contributed by atoms with Crippen LogP contribution in [0.5, 0.6) is 0 Å². The Kier molecular flexibility index (Phi) is 3.09. The minimum atomic E-state index is -3.30. The highest BCUT2D eigenvalue weighted by Gasteiger charge is 2.32. The molecule has 1 fully saturated rings. The fourth-order valence-corrected chi connectivity index (χ4v) is 4.95. The van der Waals surface area contributed by atoms with E-state index >= 15 is 0 Å². The zero-order valence-corrected chi connectivity index (χ0v) is 11.1. The van der Waals surface area contributed by atoms with Gasteiger partial charge < -0.3 is 5.73 Å². The predicted octanol–water partition coefficient (Wildman–Crippen LogP) is 1.09. The van der Waals surface area contributed by atoms with Gasteiger partial charge in [-0.3, -0.25) is 0 Å². The molecule has 1 atom stereocenters. The molecular weight excluding hydrogens is 244 g/mol. The van der Waals surface area contributed by atoms with Crippen LogP contribution in [0, 0.1) is 13.8 Å². The van der Waals surface area contributed by atoms with E-state index in [1.807, 2.05) is 13.8 Å². The lowest BCUT2D eigenvalue weighted by molar-refractivity contribution is 0.474. The number of rotatable bonds is 2. The maximum atomic E-state index is 12.2. The first-order valence-electron chi connectivity index (χ1n) is 5.24. The van der Waals surface area contributed by atoms with E-state index in [-0.39, 0.29) is 6.04 Å². The van der Waals surface area contributed by atoms with Crippen molar-refractivity contribution in [1.29, 1.82) is 0 Å². The number of nitrogens with zero attached hydrogens (tertiary/aromatic N) is 1. The van der Waals surface area contributed by atoms with Crippen LogP contribution in [0.25, 0.3) is 0 Å². The summed E-state index contributed by atoms with van der Waals surface area (Å²) >= 11 is 1.34. The Morgan fingerprint density at radius 3 is 2.62 bits per heavy atom. The van der Waals surface area contributed by atoms with Crippen LogP contribution in [0.4, 0.5) is 0 Å². The van der Waals surface area contributed by atoms with Gasteiger partial charge in [-0.2, -0.15) is 4.31 Å². The summed E-state index contributed by atoms with van der Waals surface area (Å²) in [5, 5.41) is 0. The molecule has 0 radical (unpaired) electrons. The molecule has 2 rings (SSSR count). The summed E-state index contributed by atoms with van der Waals surface area (Å²) in [5.74, 6) is 0. The molecule has 6 heteroatoms. The summed E-state index contributed by atoms with van der Waals surface area (Å²) in [5.41, 5.74) is 6.77. The van der Waals surface area contributed by atoms with Gasteiger partial charge in [-0.25, -0.2) is 8.42 Å². The van der Waals surface area contributed by atoms with Crippen LogP contribution >= 0.6 is 11.3 Å². The smallest absolute Gasteiger partial charge is 0.252 e. The molecule has 16 heavy (non-hydrogen) atoms. The topological polar surface area (TPSA) is 63.4 Å². The van der Waals surface area contributed by atoms with Crippen LogP contribution in [0.3, 0.4) is 0 Å². The minimum absolute atomic E-state index is 0.0167. The number of nitrogens with two attached hydrogens (primary N) is 1. The number of hydrogen-bond donors (Lipinski definition) is 1. The first-order valence-corrected chi connectivity index (χ1v) is 7.49. The van der Waals surface area contributed by atoms with E-state index in [1.165, 1.54) is 15.6 Å². The zero-order valence-electron chi connectivity index (χ0n) is 9.43. The molecule has 90 valence electrons. The molecule has 1 saturated heterocycles. The summed E-state index contributed by atoms with van der Waals surface area (Å²) in [6, 6.07) is 1.73. The van der Waals surface area contributed by atoms with E-state index < -0.39 is 10.0 Å². The van der Waals surface area contributed by atoms with Crippen LogP contribution in [0.15, 0.2) is 10.3 Å². The molecule has 0 bridgehead atoms. The quantitative estimate of drug-likeness (QED) is 0.865. The molecule has 0 aliphatic carbocycles. The molecule has 0 aromatic carbocycles. The van der Waals surface area contributed by atoms with Crippen molar-refractivity contribution < 1.29 is 8.42 Å². The Morgan fingerprint density at radius 2 is 2.19 bits per heavy atom. The van der Waals surface area contributed by atoms with E-state index in [4.69, 9.17) is 5.73 Å². The molecule has 1 aromatic rings.